The monoisotopic (exact) mass is 263 g/mol. The summed E-state index contributed by atoms with van der Waals surface area (Å²) in [4.78, 5) is 25.2. The summed E-state index contributed by atoms with van der Waals surface area (Å²) < 4.78 is 5.05. The highest BCUT2D eigenvalue weighted by atomic mass is 16.5. The molecule has 1 saturated heterocycles. The molecule has 102 valence electrons. The highest BCUT2D eigenvalue weighted by Gasteiger charge is 2.20. The molecule has 0 bridgehead atoms. The normalized spacial score (nSPS) is 15.6. The number of nitrogens with zero attached hydrogens (tertiary/aromatic N) is 1. The van der Waals surface area contributed by atoms with Gasteiger partial charge < -0.3 is 20.7 Å². The van der Waals surface area contributed by atoms with Crippen LogP contribution in [-0.4, -0.2) is 43.5 Å². The first-order chi connectivity index (χ1) is 9.11. The van der Waals surface area contributed by atoms with Crippen LogP contribution in [0.15, 0.2) is 18.2 Å². The summed E-state index contributed by atoms with van der Waals surface area (Å²) in [6, 6.07) is 4.95. The van der Waals surface area contributed by atoms with Gasteiger partial charge in [-0.15, -0.1) is 0 Å². The van der Waals surface area contributed by atoms with Crippen molar-refractivity contribution in [1.82, 2.24) is 10.2 Å². The van der Waals surface area contributed by atoms with E-state index in [4.69, 9.17) is 10.5 Å². The van der Waals surface area contributed by atoms with Gasteiger partial charge >= 0.3 is 0 Å². The van der Waals surface area contributed by atoms with E-state index in [1.54, 1.807) is 23.1 Å². The summed E-state index contributed by atoms with van der Waals surface area (Å²) >= 11 is 0. The number of nitrogen functional groups attached to an aromatic ring is 1. The Hall–Kier alpha value is -2.24. The lowest BCUT2D eigenvalue weighted by molar-refractivity contribution is -0.120. The number of hydrogen-bond acceptors (Lipinski definition) is 4. The van der Waals surface area contributed by atoms with Gasteiger partial charge in [0.1, 0.15) is 5.75 Å². The molecule has 0 radical (unpaired) electrons. The highest BCUT2D eigenvalue weighted by Crippen LogP contribution is 2.22. The van der Waals surface area contributed by atoms with Crippen molar-refractivity contribution in [3.05, 3.63) is 23.8 Å². The van der Waals surface area contributed by atoms with Crippen LogP contribution in [0.4, 0.5) is 5.69 Å². The molecule has 1 fully saturated rings. The van der Waals surface area contributed by atoms with Crippen LogP contribution in [0.25, 0.3) is 0 Å². The fourth-order valence-electron chi connectivity index (χ4n) is 2.02. The summed E-state index contributed by atoms with van der Waals surface area (Å²) in [5.74, 6) is 0.402. The molecule has 0 aromatic heterocycles. The van der Waals surface area contributed by atoms with Crippen molar-refractivity contribution in [1.29, 1.82) is 0 Å². The number of benzene rings is 1. The second-order valence-electron chi connectivity index (χ2n) is 4.35. The van der Waals surface area contributed by atoms with E-state index in [1.165, 1.54) is 7.11 Å². The Morgan fingerprint density at radius 2 is 2.21 bits per heavy atom. The van der Waals surface area contributed by atoms with Gasteiger partial charge in [0.2, 0.25) is 5.91 Å². The molecule has 0 spiro atoms. The van der Waals surface area contributed by atoms with Gasteiger partial charge in [-0.2, -0.15) is 0 Å². The van der Waals surface area contributed by atoms with E-state index >= 15 is 0 Å². The van der Waals surface area contributed by atoms with Crippen molar-refractivity contribution in [2.45, 2.75) is 6.42 Å². The van der Waals surface area contributed by atoms with Crippen LogP contribution in [-0.2, 0) is 4.79 Å². The van der Waals surface area contributed by atoms with Gasteiger partial charge in [0.05, 0.1) is 12.8 Å². The minimum absolute atomic E-state index is 0.0236. The van der Waals surface area contributed by atoms with Gasteiger partial charge in [-0.25, -0.2) is 0 Å². The largest absolute Gasteiger partial charge is 0.495 e. The predicted octanol–water partition coefficient (Wildman–Crippen LogP) is 0.239. The number of ether oxygens (including phenoxy) is 1. The van der Waals surface area contributed by atoms with Crippen LogP contribution >= 0.6 is 0 Å². The Labute approximate surface area is 111 Å². The van der Waals surface area contributed by atoms with Crippen molar-refractivity contribution in [3.63, 3.8) is 0 Å². The third kappa shape index (κ3) is 2.96. The number of nitrogens with one attached hydrogen (secondary N) is 1. The molecule has 0 aliphatic carbocycles. The molecule has 0 atom stereocenters. The number of methoxy groups -OCH3 is 1. The van der Waals surface area contributed by atoms with E-state index in [2.05, 4.69) is 5.32 Å². The van der Waals surface area contributed by atoms with Crippen LogP contribution in [0.5, 0.6) is 5.75 Å². The van der Waals surface area contributed by atoms with E-state index in [-0.39, 0.29) is 11.8 Å². The van der Waals surface area contributed by atoms with Crippen LogP contribution in [0, 0.1) is 0 Å². The van der Waals surface area contributed by atoms with E-state index in [1.807, 2.05) is 0 Å². The fraction of sp³-hybridized carbons (Fsp3) is 0.385. The Balaban J connectivity index is 2.14. The lowest BCUT2D eigenvalue weighted by atomic mass is 10.1. The van der Waals surface area contributed by atoms with Crippen molar-refractivity contribution in [3.8, 4) is 5.75 Å². The van der Waals surface area contributed by atoms with Gasteiger partial charge in [0.15, 0.2) is 0 Å². The molecular formula is C13H17N3O3. The molecular weight excluding hydrogens is 246 g/mol. The zero-order valence-corrected chi connectivity index (χ0v) is 10.8. The minimum Gasteiger partial charge on any atom is -0.495 e. The van der Waals surface area contributed by atoms with Gasteiger partial charge in [-0.3, -0.25) is 9.59 Å². The fourth-order valence-corrected chi connectivity index (χ4v) is 2.02. The van der Waals surface area contributed by atoms with Crippen molar-refractivity contribution >= 4 is 17.5 Å². The third-order valence-corrected chi connectivity index (χ3v) is 3.08. The van der Waals surface area contributed by atoms with Crippen LogP contribution in [0.2, 0.25) is 0 Å². The summed E-state index contributed by atoms with van der Waals surface area (Å²) in [5, 5.41) is 2.73. The molecule has 0 saturated carbocycles. The summed E-state index contributed by atoms with van der Waals surface area (Å²) in [6.07, 6.45) is 0.331. The zero-order valence-electron chi connectivity index (χ0n) is 10.8. The Morgan fingerprint density at radius 1 is 1.42 bits per heavy atom. The molecule has 1 aliphatic rings. The number of carbonyl (C=O) groups excluding carboxylic acids is 2. The molecule has 1 heterocycles. The number of nitrogens with two attached hydrogens (primary N) is 1. The number of anilines is 1. The SMILES string of the molecule is COc1ccc(C(=O)N2CCNC(=O)CC2)cc1N. The van der Waals surface area contributed by atoms with Crippen LogP contribution in [0.1, 0.15) is 16.8 Å². The van der Waals surface area contributed by atoms with Gasteiger partial charge in [-0.05, 0) is 18.2 Å². The van der Waals surface area contributed by atoms with E-state index in [9.17, 15) is 9.59 Å². The van der Waals surface area contributed by atoms with Crippen LogP contribution < -0.4 is 15.8 Å². The maximum atomic E-state index is 12.3. The first-order valence-electron chi connectivity index (χ1n) is 6.11. The Kier molecular flexibility index (Phi) is 3.89. The Bertz CT molecular complexity index is 502. The lowest BCUT2D eigenvalue weighted by Crippen LogP contribution is -2.34. The van der Waals surface area contributed by atoms with Crippen molar-refractivity contribution in [2.24, 2.45) is 0 Å². The minimum atomic E-state index is -0.120. The quantitative estimate of drug-likeness (QED) is 0.749. The zero-order chi connectivity index (χ0) is 13.8. The van der Waals surface area contributed by atoms with E-state index < -0.39 is 0 Å². The van der Waals surface area contributed by atoms with E-state index in [0.717, 1.165) is 0 Å². The number of hydrogen-bond donors (Lipinski definition) is 2. The van der Waals surface area contributed by atoms with E-state index in [0.29, 0.717) is 43.1 Å². The number of carbonyl (C=O) groups is 2. The average Bonchev–Trinajstić information content (AvgIpc) is 2.62. The molecule has 6 nitrogen and oxygen atoms in total. The summed E-state index contributed by atoms with van der Waals surface area (Å²) in [7, 11) is 1.53. The van der Waals surface area contributed by atoms with Gasteiger partial charge in [-0.1, -0.05) is 0 Å². The molecule has 1 aliphatic heterocycles. The maximum absolute atomic E-state index is 12.3. The van der Waals surface area contributed by atoms with Crippen molar-refractivity contribution < 1.29 is 14.3 Å². The molecule has 2 rings (SSSR count). The maximum Gasteiger partial charge on any atom is 0.254 e. The molecule has 1 aromatic rings. The second kappa shape index (κ2) is 5.60. The Morgan fingerprint density at radius 3 is 2.89 bits per heavy atom. The van der Waals surface area contributed by atoms with Crippen molar-refractivity contribution in [2.75, 3.05) is 32.5 Å². The predicted molar refractivity (Wildman–Crippen MR) is 70.9 cm³/mol. The first-order valence-corrected chi connectivity index (χ1v) is 6.11. The lowest BCUT2D eigenvalue weighted by Gasteiger charge is -2.20. The molecule has 3 N–H and O–H groups in total. The third-order valence-electron chi connectivity index (χ3n) is 3.08. The second-order valence-corrected chi connectivity index (χ2v) is 4.35. The molecule has 6 heteroatoms. The molecule has 2 amide bonds. The topological polar surface area (TPSA) is 84.7 Å². The standard InChI is InChI=1S/C13H17N3O3/c1-19-11-3-2-9(8-10(11)14)13(18)16-6-4-12(17)15-5-7-16/h2-3,8H,4-7,14H2,1H3,(H,15,17). The smallest absolute Gasteiger partial charge is 0.254 e. The highest BCUT2D eigenvalue weighted by molar-refractivity contribution is 5.96. The summed E-state index contributed by atoms with van der Waals surface area (Å²) in [6.45, 7) is 1.42. The summed E-state index contributed by atoms with van der Waals surface area (Å²) in [5.41, 5.74) is 6.73. The molecule has 19 heavy (non-hydrogen) atoms. The average molecular weight is 263 g/mol. The van der Waals surface area contributed by atoms with Gasteiger partial charge in [0.25, 0.3) is 5.91 Å². The molecule has 0 unspecified atom stereocenters. The first kappa shape index (κ1) is 13.2. The number of rotatable bonds is 2. The molecule has 1 aromatic carbocycles. The van der Waals surface area contributed by atoms with Gasteiger partial charge in [0, 0.05) is 31.6 Å². The number of amides is 2. The van der Waals surface area contributed by atoms with Crippen LogP contribution in [0.3, 0.4) is 0 Å².